The summed E-state index contributed by atoms with van der Waals surface area (Å²) in [5, 5.41) is 59.1. The molecular weight excluding hydrogens is 489 g/mol. The number of carboxylic acid groups (broad SMARTS) is 5. The Morgan fingerprint density at radius 3 is 0.636 bits per heavy atom. The zero-order valence-electron chi connectivity index (χ0n) is 19.4. The number of carboxylic acids is 5. The van der Waals surface area contributed by atoms with Gasteiger partial charge < -0.3 is 50.1 Å². The van der Waals surface area contributed by atoms with E-state index in [-0.39, 0.29) is 88.7 Å². The molecule has 0 aromatic rings. The van der Waals surface area contributed by atoms with E-state index in [1.54, 1.807) is 0 Å². The number of hydrogen-bond donors (Lipinski definition) is 4. The summed E-state index contributed by atoms with van der Waals surface area (Å²) < 4.78 is 0. The van der Waals surface area contributed by atoms with Gasteiger partial charge in [-0.1, -0.05) is 0 Å². The maximum absolute atomic E-state index is 9.54. The first-order valence-electron chi connectivity index (χ1n) is 7.19. The Hall–Kier alpha value is -0.720. The zero-order chi connectivity index (χ0) is 25.8. The predicted molar refractivity (Wildman–Crippen MR) is 85.7 cm³/mol. The molecule has 33 heavy (non-hydrogen) atoms. The molecule has 0 bridgehead atoms. The molecule has 0 saturated carbocycles. The molecule has 0 aromatic carbocycles. The Morgan fingerprint density at radius 1 is 0.545 bits per heavy atom. The second-order valence-electron chi connectivity index (χ2n) is 4.56. The monoisotopic (exact) mass is 510 g/mol. The summed E-state index contributed by atoms with van der Waals surface area (Å²) in [5.74, 6) is -9.84. The molecule has 0 spiro atoms. The minimum atomic E-state index is -1.63. The molecule has 0 aliphatic heterocycles. The first kappa shape index (κ1) is 53.6. The van der Waals surface area contributed by atoms with Crippen molar-refractivity contribution in [3.05, 3.63) is 0 Å². The number of carbonyl (C=O) groups excluding carboxylic acids is 6. The van der Waals surface area contributed by atoms with Crippen molar-refractivity contribution in [1.82, 2.24) is 0 Å². The van der Waals surface area contributed by atoms with Gasteiger partial charge in [0.15, 0.2) is 5.78 Å². The van der Waals surface area contributed by atoms with E-state index in [0.29, 0.717) is 0 Å². The van der Waals surface area contributed by atoms with Crippen LogP contribution in [0.5, 0.6) is 0 Å². The van der Waals surface area contributed by atoms with Gasteiger partial charge in [-0.25, -0.2) is 9.59 Å². The first-order valence-corrected chi connectivity index (χ1v) is 7.19. The van der Waals surface area contributed by atoms with Gasteiger partial charge in [0.1, 0.15) is 5.97 Å². The number of hydrogen-bond acceptors (Lipinski definition) is 13. The molecule has 0 heterocycles. The van der Waals surface area contributed by atoms with Crippen LogP contribution in [0.25, 0.3) is 0 Å². The molecule has 174 valence electrons. The second-order valence-corrected chi connectivity index (χ2v) is 4.56. The van der Waals surface area contributed by atoms with Gasteiger partial charge in [0, 0.05) is 20.8 Å². The number of aliphatic hydroxyl groups is 2. The SMILES string of the molecule is CC(=O)C(=O)O.CC(=O)C(=O)O.CC(=O)C(=O)[O-].CC(O)C(=O)[O-].CC(O)C(=O)[O-].[Na+].[Na+].[Na+]. The molecule has 0 saturated heterocycles. The summed E-state index contributed by atoms with van der Waals surface area (Å²) in [5.41, 5.74) is 0. The van der Waals surface area contributed by atoms with Crippen molar-refractivity contribution in [3.63, 3.8) is 0 Å². The van der Waals surface area contributed by atoms with Gasteiger partial charge in [0.05, 0.1) is 24.1 Å². The van der Waals surface area contributed by atoms with Crippen LogP contribution < -0.4 is 104 Å². The molecule has 0 aromatic heterocycles. The summed E-state index contributed by atoms with van der Waals surface area (Å²) in [6.07, 6.45) is -2.69. The van der Waals surface area contributed by atoms with Crippen LogP contribution in [0.4, 0.5) is 0 Å². The second kappa shape index (κ2) is 33.5. The van der Waals surface area contributed by atoms with Crippen molar-refractivity contribution in [1.29, 1.82) is 0 Å². The number of ketones is 3. The molecule has 0 aliphatic rings. The smallest absolute Gasteiger partial charge is 0.547 e. The normalized spacial score (nSPS) is 9.06. The number of rotatable bonds is 5. The molecule has 0 radical (unpaired) electrons. The van der Waals surface area contributed by atoms with Gasteiger partial charge in [-0.15, -0.1) is 0 Å². The number of carbonyl (C=O) groups is 8. The Morgan fingerprint density at radius 2 is 0.636 bits per heavy atom. The van der Waals surface area contributed by atoms with Gasteiger partial charge >= 0.3 is 101 Å². The van der Waals surface area contributed by atoms with Crippen molar-refractivity contribution < 1.29 is 163 Å². The average molecular weight is 510 g/mol. The van der Waals surface area contributed by atoms with Gasteiger partial charge in [-0.3, -0.25) is 14.4 Å². The molecule has 0 aliphatic carbocycles. The largest absolute Gasteiger partial charge is 1.00 e. The van der Waals surface area contributed by atoms with Gasteiger partial charge in [0.2, 0.25) is 11.6 Å². The minimum Gasteiger partial charge on any atom is -0.547 e. The van der Waals surface area contributed by atoms with E-state index >= 15 is 0 Å². The van der Waals surface area contributed by atoms with Crippen molar-refractivity contribution in [2.24, 2.45) is 0 Å². The molecule has 2 atom stereocenters. The zero-order valence-corrected chi connectivity index (χ0v) is 25.4. The molecule has 2 unspecified atom stereocenters. The fraction of sp³-hybridized carbons (Fsp3) is 0.467. The third-order valence-corrected chi connectivity index (χ3v) is 1.57. The average Bonchev–Trinajstić information content (AvgIpc) is 2.56. The Kier molecular flexibility index (Phi) is 54.3. The van der Waals surface area contributed by atoms with E-state index in [9.17, 15) is 53.7 Å². The van der Waals surface area contributed by atoms with E-state index in [1.807, 2.05) is 0 Å². The first-order chi connectivity index (χ1) is 13.2. The van der Waals surface area contributed by atoms with Crippen LogP contribution in [0, 0.1) is 0 Å². The molecule has 0 amide bonds. The Labute approximate surface area is 254 Å². The van der Waals surface area contributed by atoms with Crippen LogP contribution in [0.3, 0.4) is 0 Å². The summed E-state index contributed by atoms with van der Waals surface area (Å²) in [6.45, 7) is 5.21. The van der Waals surface area contributed by atoms with Crippen LogP contribution >= 0.6 is 0 Å². The Bertz CT molecular complexity index is 519. The topological polar surface area (TPSA) is 287 Å². The third kappa shape index (κ3) is 72.1. The molecular formula is C15H21Na3O15. The van der Waals surface area contributed by atoms with E-state index in [0.717, 1.165) is 34.6 Å². The van der Waals surface area contributed by atoms with Gasteiger partial charge in [-0.2, -0.15) is 0 Å². The van der Waals surface area contributed by atoms with Crippen LogP contribution in [0.2, 0.25) is 0 Å². The maximum Gasteiger partial charge on any atom is 1.00 e. The third-order valence-electron chi connectivity index (χ3n) is 1.57. The van der Waals surface area contributed by atoms with E-state index in [1.165, 1.54) is 0 Å². The standard InChI is InChI=1S/2C3H6O3.3C3H4O3.3Na/c5*1-2(4)3(5)6;;;/h2*2,4H,1H3,(H,5,6);3*1H3,(H,5,6);;;/q;;;;;3*+1/p-3. The summed E-state index contributed by atoms with van der Waals surface area (Å²) >= 11 is 0. The van der Waals surface area contributed by atoms with Crippen LogP contribution in [0.15, 0.2) is 0 Å². The fourth-order valence-electron chi connectivity index (χ4n) is 0. The van der Waals surface area contributed by atoms with E-state index in [4.69, 9.17) is 20.4 Å². The molecule has 15 nitrogen and oxygen atoms in total. The quantitative estimate of drug-likeness (QED) is 0.197. The summed E-state index contributed by atoms with van der Waals surface area (Å²) in [7, 11) is 0. The predicted octanol–water partition coefficient (Wildman–Crippen LogP) is -15.1. The molecule has 4 N–H and O–H groups in total. The van der Waals surface area contributed by atoms with Crippen LogP contribution in [-0.2, 0) is 38.4 Å². The minimum absolute atomic E-state index is 0. The molecule has 0 fully saturated rings. The van der Waals surface area contributed by atoms with Crippen LogP contribution in [-0.4, -0.2) is 79.8 Å². The number of aliphatic hydroxyl groups excluding tert-OH is 2. The van der Waals surface area contributed by atoms with Crippen LogP contribution in [0.1, 0.15) is 34.6 Å². The summed E-state index contributed by atoms with van der Waals surface area (Å²) in [4.78, 5) is 75.2. The maximum atomic E-state index is 9.54. The van der Waals surface area contributed by atoms with E-state index < -0.39 is 59.4 Å². The molecule has 18 heteroatoms. The molecule has 0 rings (SSSR count). The van der Waals surface area contributed by atoms with Crippen molar-refractivity contribution >= 4 is 47.2 Å². The van der Waals surface area contributed by atoms with Gasteiger partial charge in [0.25, 0.3) is 0 Å². The van der Waals surface area contributed by atoms with Crippen molar-refractivity contribution in [3.8, 4) is 0 Å². The Balaban J connectivity index is -0.0000000386. The van der Waals surface area contributed by atoms with E-state index in [2.05, 4.69) is 0 Å². The van der Waals surface area contributed by atoms with Crippen molar-refractivity contribution in [2.45, 2.75) is 46.8 Å². The van der Waals surface area contributed by atoms with Crippen molar-refractivity contribution in [2.75, 3.05) is 0 Å². The summed E-state index contributed by atoms with van der Waals surface area (Å²) in [6, 6.07) is 0. The van der Waals surface area contributed by atoms with Gasteiger partial charge in [-0.05, 0) is 13.8 Å². The number of Topliss-reactive ketones (excluding diaryl/α,β-unsaturated/α-hetero) is 3. The number of aliphatic carboxylic acids is 5. The fourth-order valence-corrected chi connectivity index (χ4v) is 0.